The molecule has 158 valence electrons. The van der Waals surface area contributed by atoms with Crippen molar-refractivity contribution < 1.29 is 9.53 Å². The monoisotopic (exact) mass is 424 g/mol. The second-order valence-corrected chi connectivity index (χ2v) is 8.41. The van der Waals surface area contributed by atoms with E-state index < -0.39 is 0 Å². The number of hydrogen-bond acceptors (Lipinski definition) is 7. The number of aromatic nitrogens is 3. The summed E-state index contributed by atoms with van der Waals surface area (Å²) >= 11 is 1.68. The fourth-order valence-electron chi connectivity index (χ4n) is 3.44. The zero-order valence-corrected chi connectivity index (χ0v) is 19.0. The van der Waals surface area contributed by atoms with E-state index in [0.717, 1.165) is 56.7 Å². The van der Waals surface area contributed by atoms with Crippen LogP contribution in [0.15, 0.2) is 30.6 Å². The van der Waals surface area contributed by atoms with Crippen LogP contribution in [-0.4, -0.2) is 28.0 Å². The Hall–Kier alpha value is -2.80. The molecule has 0 radical (unpaired) electrons. The Morgan fingerprint density at radius 3 is 2.50 bits per heavy atom. The molecule has 0 aliphatic carbocycles. The molecule has 0 fully saturated rings. The largest absolute Gasteiger partial charge is 0.469 e. The molecule has 0 aliphatic heterocycles. The van der Waals surface area contributed by atoms with E-state index >= 15 is 0 Å². The number of hydrogen-bond donors (Lipinski definition) is 1. The summed E-state index contributed by atoms with van der Waals surface area (Å²) in [7, 11) is 1.43. The predicted molar refractivity (Wildman–Crippen MR) is 121 cm³/mol. The smallest absolute Gasteiger partial charge is 0.306 e. The van der Waals surface area contributed by atoms with Gasteiger partial charge in [0.15, 0.2) is 0 Å². The summed E-state index contributed by atoms with van der Waals surface area (Å²) in [5.74, 6) is 0.709. The fraction of sp³-hybridized carbons (Fsp3) is 0.391. The number of carbonyl (C=O) groups is 1. The van der Waals surface area contributed by atoms with E-state index in [1.54, 1.807) is 23.7 Å². The van der Waals surface area contributed by atoms with Gasteiger partial charge in [-0.25, -0.2) is 15.0 Å². The summed E-state index contributed by atoms with van der Waals surface area (Å²) in [5.41, 5.74) is 4.96. The Kier molecular flexibility index (Phi) is 7.15. The topological polar surface area (TPSA) is 77.0 Å². The molecule has 1 N–H and O–H groups in total. The van der Waals surface area contributed by atoms with Gasteiger partial charge in [0, 0.05) is 17.7 Å². The molecule has 3 aromatic rings. The molecule has 0 saturated heterocycles. The maximum Gasteiger partial charge on any atom is 0.306 e. The van der Waals surface area contributed by atoms with Gasteiger partial charge in [-0.15, -0.1) is 11.3 Å². The summed E-state index contributed by atoms with van der Waals surface area (Å²) in [6.07, 6.45) is 5.61. The molecule has 6 nitrogen and oxygen atoms in total. The highest BCUT2D eigenvalue weighted by Gasteiger charge is 2.19. The van der Waals surface area contributed by atoms with Crippen LogP contribution >= 0.6 is 11.3 Å². The predicted octanol–water partition coefficient (Wildman–Crippen LogP) is 5.58. The van der Waals surface area contributed by atoms with Crippen molar-refractivity contribution in [2.24, 2.45) is 0 Å². The van der Waals surface area contributed by atoms with E-state index in [2.05, 4.69) is 45.4 Å². The summed E-state index contributed by atoms with van der Waals surface area (Å²) in [6, 6.07) is 6.33. The first kappa shape index (κ1) is 21.9. The number of anilines is 2. The molecule has 2 aromatic heterocycles. The Morgan fingerprint density at radius 2 is 1.93 bits per heavy atom. The maximum atomic E-state index is 11.9. The molecule has 0 amide bonds. The molecule has 0 spiro atoms. The third kappa shape index (κ3) is 5.02. The molecule has 1 aromatic carbocycles. The van der Waals surface area contributed by atoms with Crippen LogP contribution in [-0.2, 0) is 16.0 Å². The number of thiazole rings is 1. The zero-order chi connectivity index (χ0) is 21.7. The molecular formula is C23H28N4O2S. The Bertz CT molecular complexity index is 1010. The van der Waals surface area contributed by atoms with Crippen LogP contribution in [0.4, 0.5) is 11.4 Å². The van der Waals surface area contributed by atoms with Crippen LogP contribution in [0.25, 0.3) is 10.4 Å². The number of aryl methyl sites for hydroxylation is 3. The maximum absolute atomic E-state index is 11.9. The van der Waals surface area contributed by atoms with Gasteiger partial charge in [0.25, 0.3) is 0 Å². The first-order valence-electron chi connectivity index (χ1n) is 10.2. The molecule has 7 heteroatoms. The molecule has 30 heavy (non-hydrogen) atoms. The Balaban J connectivity index is 2.03. The van der Waals surface area contributed by atoms with Gasteiger partial charge in [-0.3, -0.25) is 4.79 Å². The molecule has 3 rings (SSSR count). The van der Waals surface area contributed by atoms with Crippen LogP contribution in [0, 0.1) is 13.8 Å². The van der Waals surface area contributed by atoms with Crippen molar-refractivity contribution in [1.82, 2.24) is 15.0 Å². The fourth-order valence-corrected chi connectivity index (χ4v) is 4.40. The van der Waals surface area contributed by atoms with Crippen LogP contribution in [0.3, 0.4) is 0 Å². The van der Waals surface area contributed by atoms with E-state index in [1.807, 2.05) is 20.8 Å². The number of carbonyl (C=O) groups excluding carboxylic acids is 1. The van der Waals surface area contributed by atoms with Gasteiger partial charge in [-0.1, -0.05) is 26.0 Å². The van der Waals surface area contributed by atoms with Crippen molar-refractivity contribution in [2.45, 2.75) is 52.9 Å². The van der Waals surface area contributed by atoms with Crippen molar-refractivity contribution in [3.05, 3.63) is 52.7 Å². The number of ether oxygens (including phenoxy) is 1. The van der Waals surface area contributed by atoms with Crippen LogP contribution in [0.2, 0.25) is 0 Å². The van der Waals surface area contributed by atoms with Crippen molar-refractivity contribution in [3.63, 3.8) is 0 Å². The highest BCUT2D eigenvalue weighted by molar-refractivity contribution is 7.15. The summed E-state index contributed by atoms with van der Waals surface area (Å²) < 4.78 is 4.89. The van der Waals surface area contributed by atoms with Gasteiger partial charge in [0.2, 0.25) is 0 Å². The van der Waals surface area contributed by atoms with Crippen LogP contribution in [0.5, 0.6) is 0 Å². The zero-order valence-electron chi connectivity index (χ0n) is 18.2. The standard InChI is InChI=1S/C23H28N4O2S/c1-6-16(11-22(28)29-5)17-8-9-19(23-14(3)26-15(4)30-23)20(10-17)27-18-12-24-21(7-2)25-13-18/h8-10,12-13,16,27H,6-7,11H2,1-5H3. The van der Waals surface area contributed by atoms with E-state index in [4.69, 9.17) is 4.74 Å². The summed E-state index contributed by atoms with van der Waals surface area (Å²) in [4.78, 5) is 26.4. The first-order chi connectivity index (χ1) is 14.4. The molecule has 0 bridgehead atoms. The van der Waals surface area contributed by atoms with Gasteiger partial charge < -0.3 is 10.1 Å². The number of esters is 1. The summed E-state index contributed by atoms with van der Waals surface area (Å²) in [6.45, 7) is 8.17. The lowest BCUT2D eigenvalue weighted by Gasteiger charge is -2.18. The second kappa shape index (κ2) is 9.80. The quantitative estimate of drug-likeness (QED) is 0.476. The van der Waals surface area contributed by atoms with E-state index in [0.29, 0.717) is 6.42 Å². The van der Waals surface area contributed by atoms with E-state index in [9.17, 15) is 4.79 Å². The third-order valence-electron chi connectivity index (χ3n) is 5.10. The summed E-state index contributed by atoms with van der Waals surface area (Å²) in [5, 5.41) is 4.52. The third-order valence-corrected chi connectivity index (χ3v) is 6.20. The minimum Gasteiger partial charge on any atom is -0.469 e. The Labute approximate surface area is 181 Å². The number of nitrogens with zero attached hydrogens (tertiary/aromatic N) is 3. The van der Waals surface area contributed by atoms with E-state index in [1.165, 1.54) is 7.11 Å². The van der Waals surface area contributed by atoms with Gasteiger partial charge in [0.1, 0.15) is 5.82 Å². The van der Waals surface area contributed by atoms with Crippen LogP contribution < -0.4 is 5.32 Å². The molecule has 1 unspecified atom stereocenters. The van der Waals surface area contributed by atoms with Gasteiger partial charge in [0.05, 0.1) is 47.2 Å². The van der Waals surface area contributed by atoms with Gasteiger partial charge in [-0.05, 0) is 37.8 Å². The van der Waals surface area contributed by atoms with Crippen molar-refractivity contribution in [1.29, 1.82) is 0 Å². The lowest BCUT2D eigenvalue weighted by Crippen LogP contribution is -2.08. The van der Waals surface area contributed by atoms with Crippen molar-refractivity contribution in [3.8, 4) is 10.4 Å². The van der Waals surface area contributed by atoms with Gasteiger partial charge >= 0.3 is 5.97 Å². The minimum absolute atomic E-state index is 0.0926. The van der Waals surface area contributed by atoms with E-state index in [-0.39, 0.29) is 11.9 Å². The lowest BCUT2D eigenvalue weighted by atomic mass is 9.91. The van der Waals surface area contributed by atoms with Crippen molar-refractivity contribution >= 4 is 28.7 Å². The molecule has 1 atom stereocenters. The average molecular weight is 425 g/mol. The minimum atomic E-state index is -0.196. The Morgan fingerprint density at radius 1 is 1.20 bits per heavy atom. The first-order valence-corrected chi connectivity index (χ1v) is 11.0. The lowest BCUT2D eigenvalue weighted by molar-refractivity contribution is -0.141. The average Bonchev–Trinajstić information content (AvgIpc) is 3.10. The normalized spacial score (nSPS) is 11.9. The highest BCUT2D eigenvalue weighted by atomic mass is 32.1. The highest BCUT2D eigenvalue weighted by Crippen LogP contribution is 2.38. The molecule has 0 aliphatic rings. The van der Waals surface area contributed by atoms with Gasteiger partial charge in [-0.2, -0.15) is 0 Å². The number of rotatable bonds is 8. The molecular weight excluding hydrogens is 396 g/mol. The molecule has 0 saturated carbocycles. The SMILES string of the molecule is CCc1ncc(Nc2cc(C(CC)CC(=O)OC)ccc2-c2sc(C)nc2C)cn1. The van der Waals surface area contributed by atoms with Crippen molar-refractivity contribution in [2.75, 3.05) is 12.4 Å². The molecule has 2 heterocycles. The number of benzene rings is 1. The second-order valence-electron chi connectivity index (χ2n) is 7.20. The number of methoxy groups -OCH3 is 1. The van der Waals surface area contributed by atoms with Crippen LogP contribution in [0.1, 0.15) is 54.7 Å². The number of nitrogens with one attached hydrogen (secondary N) is 1.